The molecule has 1 saturated heterocycles. The minimum Gasteiger partial charge on any atom is -0.412 e. The van der Waals surface area contributed by atoms with Crippen molar-refractivity contribution in [2.75, 3.05) is 13.1 Å². The predicted molar refractivity (Wildman–Crippen MR) is 84.0 cm³/mol. The van der Waals surface area contributed by atoms with Gasteiger partial charge in [-0.05, 0) is 38.4 Å². The second-order valence-corrected chi connectivity index (χ2v) is 6.55. The maximum atomic E-state index is 13.9. The van der Waals surface area contributed by atoms with Gasteiger partial charge in [0, 0.05) is 23.2 Å². The summed E-state index contributed by atoms with van der Waals surface area (Å²) >= 11 is 0. The molecule has 1 aromatic carbocycles. The highest BCUT2D eigenvalue weighted by atomic mass is 19.1. The second kappa shape index (κ2) is 4.39. The van der Waals surface area contributed by atoms with Gasteiger partial charge in [-0.15, -0.1) is 0 Å². The van der Waals surface area contributed by atoms with Crippen molar-refractivity contribution in [3.8, 4) is 0 Å². The highest BCUT2D eigenvalue weighted by Gasteiger charge is 2.47. The molecule has 0 radical (unpaired) electrons. The van der Waals surface area contributed by atoms with Crippen LogP contribution in [-0.2, 0) is 5.54 Å². The Bertz CT molecular complexity index is 888. The number of hydrogen-bond acceptors (Lipinski definition) is 3. The van der Waals surface area contributed by atoms with Gasteiger partial charge in [0.15, 0.2) is 0 Å². The number of nitrogens with zero attached hydrogens (tertiary/aromatic N) is 2. The first kappa shape index (κ1) is 14.3. The monoisotopic (exact) mass is 316 g/mol. The summed E-state index contributed by atoms with van der Waals surface area (Å²) in [6.07, 6.45) is 2.19. The summed E-state index contributed by atoms with van der Waals surface area (Å²) in [6, 6.07) is 2.77. The van der Waals surface area contributed by atoms with Crippen molar-refractivity contribution >= 4 is 22.5 Å². The topological polar surface area (TPSA) is 92.0 Å². The average molecular weight is 316 g/mol. The molecule has 0 unspecified atom stereocenters. The minimum atomic E-state index is -0.409. The summed E-state index contributed by atoms with van der Waals surface area (Å²) in [5.41, 5.74) is 6.43. The molecule has 0 saturated carbocycles. The fourth-order valence-electron chi connectivity index (χ4n) is 4.25. The first-order valence-corrected chi connectivity index (χ1v) is 7.56. The standard InChI is InChI=1S/C16H15FN4O.H2O/c1-16-3-2-4-21(16)7-11-13-12-9(15(22)20-19-11)5-8(17)6-10(12)18-14(13)16;/h5-6,18H,2-4,7H2,1H3,(H,20,22);1H2/t16-;/m1./s1. The normalized spacial score (nSPS) is 25.5. The number of carbonyl (C=O) groups is 1. The average Bonchev–Trinajstić information content (AvgIpc) is 3.00. The number of hydrazone groups is 1. The summed E-state index contributed by atoms with van der Waals surface area (Å²) in [5, 5.41) is 5.10. The van der Waals surface area contributed by atoms with Crippen LogP contribution in [0.4, 0.5) is 4.39 Å². The molecular weight excluding hydrogens is 299 g/mol. The zero-order valence-electron chi connectivity index (χ0n) is 12.7. The zero-order valence-corrected chi connectivity index (χ0v) is 12.7. The number of halogens is 1. The summed E-state index contributed by atoms with van der Waals surface area (Å²) in [4.78, 5) is 18.0. The van der Waals surface area contributed by atoms with E-state index in [1.165, 1.54) is 12.1 Å². The Morgan fingerprint density at radius 2 is 2.22 bits per heavy atom. The first-order valence-electron chi connectivity index (χ1n) is 7.56. The number of carbonyl (C=O) groups excluding carboxylic acids is 1. The first-order chi connectivity index (χ1) is 10.6. The second-order valence-electron chi connectivity index (χ2n) is 6.55. The fraction of sp³-hybridized carbons (Fsp3) is 0.375. The Hall–Kier alpha value is -2.25. The Morgan fingerprint density at radius 3 is 3.04 bits per heavy atom. The van der Waals surface area contributed by atoms with Crippen LogP contribution in [0.1, 0.15) is 41.4 Å². The van der Waals surface area contributed by atoms with Gasteiger partial charge >= 0.3 is 0 Å². The summed E-state index contributed by atoms with van der Waals surface area (Å²) < 4.78 is 13.9. The van der Waals surface area contributed by atoms with Crippen molar-refractivity contribution in [1.82, 2.24) is 15.3 Å². The van der Waals surface area contributed by atoms with Gasteiger partial charge < -0.3 is 10.5 Å². The van der Waals surface area contributed by atoms with E-state index < -0.39 is 5.82 Å². The third-order valence-corrected chi connectivity index (χ3v) is 5.36. The Morgan fingerprint density at radius 1 is 1.39 bits per heavy atom. The predicted octanol–water partition coefficient (Wildman–Crippen LogP) is 1.25. The number of rotatable bonds is 0. The molecule has 2 aromatic rings. The fourth-order valence-corrected chi connectivity index (χ4v) is 4.25. The van der Waals surface area contributed by atoms with Gasteiger partial charge in [0.25, 0.3) is 5.91 Å². The number of aromatic amines is 1. The van der Waals surface area contributed by atoms with E-state index in [-0.39, 0.29) is 16.9 Å². The molecule has 120 valence electrons. The summed E-state index contributed by atoms with van der Waals surface area (Å²) in [6.45, 7) is 3.95. The molecule has 6 nitrogen and oxygen atoms in total. The van der Waals surface area contributed by atoms with Gasteiger partial charge in [-0.2, -0.15) is 5.10 Å². The number of fused-ring (bicyclic) bond motifs is 2. The Labute approximate surface area is 131 Å². The van der Waals surface area contributed by atoms with E-state index in [0.717, 1.165) is 41.7 Å². The lowest BCUT2D eigenvalue weighted by atomic mass is 9.85. The molecule has 5 rings (SSSR count). The number of nitrogens with one attached hydrogen (secondary N) is 2. The van der Waals surface area contributed by atoms with Gasteiger partial charge in [-0.1, -0.05) is 0 Å². The van der Waals surface area contributed by atoms with Crippen molar-refractivity contribution in [3.05, 3.63) is 34.8 Å². The number of hydrogen-bond donors (Lipinski definition) is 2. The molecule has 0 spiro atoms. The molecule has 4 heterocycles. The minimum absolute atomic E-state index is 0. The van der Waals surface area contributed by atoms with E-state index in [1.807, 2.05) is 0 Å². The smallest absolute Gasteiger partial charge is 0.272 e. The third kappa shape index (κ3) is 1.63. The van der Waals surface area contributed by atoms with Gasteiger partial charge in [0.2, 0.25) is 0 Å². The van der Waals surface area contributed by atoms with Crippen LogP contribution in [0.2, 0.25) is 0 Å². The molecule has 3 aliphatic heterocycles. The van der Waals surface area contributed by atoms with Crippen molar-refractivity contribution in [3.63, 3.8) is 0 Å². The lowest BCUT2D eigenvalue weighted by Crippen LogP contribution is -2.47. The lowest BCUT2D eigenvalue weighted by Gasteiger charge is -2.39. The molecule has 1 fully saturated rings. The van der Waals surface area contributed by atoms with Crippen LogP contribution in [-0.4, -0.2) is 40.1 Å². The highest BCUT2D eigenvalue weighted by Crippen LogP contribution is 2.46. The molecule has 0 aliphatic carbocycles. The quantitative estimate of drug-likeness (QED) is 0.766. The summed E-state index contributed by atoms with van der Waals surface area (Å²) in [7, 11) is 0. The molecule has 4 N–H and O–H groups in total. The maximum absolute atomic E-state index is 13.9. The SMILES string of the molecule is C[C@]12CCCN1CC1=NNC(=O)c3cc(F)cc4[nH]c2c1c34.O. The van der Waals surface area contributed by atoms with Gasteiger partial charge in [0.1, 0.15) is 5.82 Å². The van der Waals surface area contributed by atoms with Crippen LogP contribution in [0, 0.1) is 5.82 Å². The molecule has 23 heavy (non-hydrogen) atoms. The summed E-state index contributed by atoms with van der Waals surface area (Å²) in [5.74, 6) is -0.758. The number of H-pyrrole nitrogens is 1. The Kier molecular flexibility index (Phi) is 2.74. The van der Waals surface area contributed by atoms with Crippen LogP contribution < -0.4 is 5.43 Å². The van der Waals surface area contributed by atoms with Gasteiger partial charge in [-0.25, -0.2) is 9.82 Å². The van der Waals surface area contributed by atoms with E-state index in [1.54, 1.807) is 0 Å². The van der Waals surface area contributed by atoms with Crippen molar-refractivity contribution in [2.45, 2.75) is 25.3 Å². The maximum Gasteiger partial charge on any atom is 0.272 e. The van der Waals surface area contributed by atoms with E-state index >= 15 is 0 Å². The van der Waals surface area contributed by atoms with Crippen LogP contribution in [0.15, 0.2) is 17.2 Å². The van der Waals surface area contributed by atoms with Crippen molar-refractivity contribution in [2.24, 2.45) is 5.10 Å². The molecule has 1 atom stereocenters. The molecule has 7 heteroatoms. The molecular formula is C16H17FN4O2. The van der Waals surface area contributed by atoms with E-state index in [2.05, 4.69) is 27.3 Å². The van der Waals surface area contributed by atoms with E-state index in [4.69, 9.17) is 0 Å². The largest absolute Gasteiger partial charge is 0.412 e. The van der Waals surface area contributed by atoms with Crippen LogP contribution >= 0.6 is 0 Å². The number of amides is 1. The van der Waals surface area contributed by atoms with Crippen LogP contribution in [0.25, 0.3) is 10.9 Å². The molecule has 1 aromatic heterocycles. The molecule has 1 amide bonds. The third-order valence-electron chi connectivity index (χ3n) is 5.36. The molecule has 3 aliphatic rings. The zero-order chi connectivity index (χ0) is 15.1. The van der Waals surface area contributed by atoms with Crippen molar-refractivity contribution in [1.29, 1.82) is 0 Å². The van der Waals surface area contributed by atoms with Gasteiger partial charge in [0.05, 0.1) is 22.3 Å². The highest BCUT2D eigenvalue weighted by molar-refractivity contribution is 6.21. The molecule has 0 bridgehead atoms. The van der Waals surface area contributed by atoms with Gasteiger partial charge in [-0.3, -0.25) is 9.69 Å². The van der Waals surface area contributed by atoms with E-state index in [9.17, 15) is 9.18 Å². The number of aromatic nitrogens is 1. The van der Waals surface area contributed by atoms with Crippen LogP contribution in [0.5, 0.6) is 0 Å². The number of benzene rings is 1. The van der Waals surface area contributed by atoms with Crippen molar-refractivity contribution < 1.29 is 14.7 Å². The Balaban J connectivity index is 0.00000135. The lowest BCUT2D eigenvalue weighted by molar-refractivity contribution is 0.0956. The van der Waals surface area contributed by atoms with E-state index in [0.29, 0.717) is 17.6 Å². The van der Waals surface area contributed by atoms with Crippen LogP contribution in [0.3, 0.4) is 0 Å².